The van der Waals surface area contributed by atoms with Crippen LogP contribution in [-0.4, -0.2) is 29.3 Å². The molecule has 0 aliphatic carbocycles. The van der Waals surface area contributed by atoms with Crippen LogP contribution in [0.2, 0.25) is 0 Å². The van der Waals surface area contributed by atoms with Crippen molar-refractivity contribution in [1.82, 2.24) is 4.98 Å². The smallest absolute Gasteiger partial charge is 0.307 e. The van der Waals surface area contributed by atoms with Crippen molar-refractivity contribution in [3.05, 3.63) is 36.0 Å². The molecule has 1 aliphatic rings. The van der Waals surface area contributed by atoms with Gasteiger partial charge >= 0.3 is 5.97 Å². The first kappa shape index (κ1) is 12.2. The highest BCUT2D eigenvalue weighted by Crippen LogP contribution is 2.44. The molecule has 1 unspecified atom stereocenters. The molecule has 1 atom stereocenters. The van der Waals surface area contributed by atoms with Crippen molar-refractivity contribution in [2.24, 2.45) is 5.92 Å². The highest BCUT2D eigenvalue weighted by Gasteiger charge is 2.50. The first-order chi connectivity index (χ1) is 9.19. The first-order valence-electron chi connectivity index (χ1n) is 6.56. The van der Waals surface area contributed by atoms with Crippen LogP contribution in [-0.2, 0) is 14.9 Å². The maximum atomic E-state index is 11.5. The predicted molar refractivity (Wildman–Crippen MR) is 72.2 cm³/mol. The molecule has 1 aliphatic heterocycles. The van der Waals surface area contributed by atoms with Crippen LogP contribution in [0.1, 0.15) is 18.9 Å². The van der Waals surface area contributed by atoms with E-state index in [-0.39, 0.29) is 5.41 Å². The van der Waals surface area contributed by atoms with Crippen molar-refractivity contribution < 1.29 is 14.6 Å². The van der Waals surface area contributed by atoms with Gasteiger partial charge in [-0.05, 0) is 18.1 Å². The van der Waals surface area contributed by atoms with E-state index in [0.29, 0.717) is 19.6 Å². The Labute approximate surface area is 111 Å². The van der Waals surface area contributed by atoms with Crippen LogP contribution in [0.25, 0.3) is 10.9 Å². The maximum absolute atomic E-state index is 11.5. The van der Waals surface area contributed by atoms with Gasteiger partial charge in [-0.2, -0.15) is 0 Å². The fraction of sp³-hybridized carbons (Fsp3) is 0.400. The highest BCUT2D eigenvalue weighted by molar-refractivity contribution is 5.86. The lowest BCUT2D eigenvalue weighted by molar-refractivity contribution is -0.157. The van der Waals surface area contributed by atoms with E-state index in [1.165, 1.54) is 0 Å². The van der Waals surface area contributed by atoms with Crippen molar-refractivity contribution >= 4 is 16.9 Å². The van der Waals surface area contributed by atoms with Gasteiger partial charge in [-0.1, -0.05) is 25.1 Å². The van der Waals surface area contributed by atoms with E-state index >= 15 is 0 Å². The van der Waals surface area contributed by atoms with Crippen LogP contribution in [0.3, 0.4) is 0 Å². The summed E-state index contributed by atoms with van der Waals surface area (Å²) in [6, 6.07) is 8.00. The molecule has 2 heterocycles. The molecule has 0 saturated carbocycles. The normalized spacial score (nSPS) is 19.0. The summed E-state index contributed by atoms with van der Waals surface area (Å²) in [4.78, 5) is 14.8. The molecular formula is C15H17NO3. The molecule has 19 heavy (non-hydrogen) atoms. The third-order valence-electron chi connectivity index (χ3n) is 4.22. The number of nitrogens with one attached hydrogen (secondary N) is 1. The fourth-order valence-electron chi connectivity index (χ4n) is 3.15. The van der Waals surface area contributed by atoms with Crippen LogP contribution in [0.4, 0.5) is 0 Å². The number of aromatic amines is 1. The molecule has 0 bridgehead atoms. The lowest BCUT2D eigenvalue weighted by Gasteiger charge is -2.45. The standard InChI is InChI=1S/C15H17NO3/c1-2-11(14(17)18)15(8-19-9-15)12-7-16-13-6-4-3-5-10(12)13/h3-7,11,16H,2,8-9H2,1H3,(H,17,18). The second-order valence-electron chi connectivity index (χ2n) is 5.20. The summed E-state index contributed by atoms with van der Waals surface area (Å²) in [5.74, 6) is -1.14. The predicted octanol–water partition coefficient (Wildman–Crippen LogP) is 2.55. The number of hydrogen-bond donors (Lipinski definition) is 2. The van der Waals surface area contributed by atoms with E-state index < -0.39 is 11.9 Å². The lowest BCUT2D eigenvalue weighted by atomic mass is 9.67. The van der Waals surface area contributed by atoms with Crippen LogP contribution >= 0.6 is 0 Å². The number of carboxylic acids is 1. The zero-order valence-electron chi connectivity index (χ0n) is 10.8. The first-order valence-corrected chi connectivity index (χ1v) is 6.56. The Morgan fingerprint density at radius 2 is 2.21 bits per heavy atom. The summed E-state index contributed by atoms with van der Waals surface area (Å²) < 4.78 is 5.37. The van der Waals surface area contributed by atoms with Gasteiger partial charge < -0.3 is 14.8 Å². The van der Waals surface area contributed by atoms with E-state index in [4.69, 9.17) is 4.74 Å². The topological polar surface area (TPSA) is 62.3 Å². The summed E-state index contributed by atoms with van der Waals surface area (Å²) in [5, 5.41) is 10.6. The molecule has 0 radical (unpaired) electrons. The van der Waals surface area contributed by atoms with Gasteiger partial charge in [0, 0.05) is 17.1 Å². The minimum absolute atomic E-state index is 0.389. The van der Waals surface area contributed by atoms with Gasteiger partial charge in [-0.15, -0.1) is 0 Å². The Balaban J connectivity index is 2.14. The Hall–Kier alpha value is -1.81. The third-order valence-corrected chi connectivity index (χ3v) is 4.22. The number of hydrogen-bond acceptors (Lipinski definition) is 2. The zero-order chi connectivity index (χ0) is 13.5. The summed E-state index contributed by atoms with van der Waals surface area (Å²) in [5.41, 5.74) is 1.73. The van der Waals surface area contributed by atoms with Gasteiger partial charge in [0.1, 0.15) is 0 Å². The van der Waals surface area contributed by atoms with Gasteiger partial charge in [-0.3, -0.25) is 4.79 Å². The second kappa shape index (κ2) is 4.38. The van der Waals surface area contributed by atoms with E-state index in [2.05, 4.69) is 4.98 Å². The van der Waals surface area contributed by atoms with Crippen LogP contribution in [0.5, 0.6) is 0 Å². The van der Waals surface area contributed by atoms with E-state index in [1.54, 1.807) is 0 Å². The van der Waals surface area contributed by atoms with Crippen molar-refractivity contribution in [2.75, 3.05) is 13.2 Å². The Kier molecular flexibility index (Phi) is 2.82. The largest absolute Gasteiger partial charge is 0.481 e. The third kappa shape index (κ3) is 1.67. The molecule has 1 aromatic heterocycles. The number of carboxylic acid groups (broad SMARTS) is 1. The summed E-state index contributed by atoms with van der Waals surface area (Å²) in [6.07, 6.45) is 2.55. The molecule has 100 valence electrons. The molecule has 1 fully saturated rings. The Morgan fingerprint density at radius 1 is 1.47 bits per heavy atom. The number of aliphatic carboxylic acids is 1. The Bertz CT molecular complexity index is 613. The number of aromatic nitrogens is 1. The van der Waals surface area contributed by atoms with E-state index in [9.17, 15) is 9.90 Å². The van der Waals surface area contributed by atoms with E-state index in [1.807, 2.05) is 37.4 Å². The Morgan fingerprint density at radius 3 is 2.79 bits per heavy atom. The van der Waals surface area contributed by atoms with Crippen molar-refractivity contribution in [3.8, 4) is 0 Å². The molecule has 4 heteroatoms. The minimum Gasteiger partial charge on any atom is -0.481 e. The molecule has 1 aromatic carbocycles. The van der Waals surface area contributed by atoms with Crippen molar-refractivity contribution in [2.45, 2.75) is 18.8 Å². The molecular weight excluding hydrogens is 242 g/mol. The summed E-state index contributed by atoms with van der Waals surface area (Å²) >= 11 is 0. The van der Waals surface area contributed by atoms with Gasteiger partial charge in [0.15, 0.2) is 0 Å². The SMILES string of the molecule is CCC(C(=O)O)C1(c2c[nH]c3ccccc23)COC1. The van der Waals surface area contributed by atoms with Gasteiger partial charge in [0.05, 0.1) is 24.5 Å². The van der Waals surface area contributed by atoms with E-state index in [0.717, 1.165) is 16.5 Å². The number of ether oxygens (including phenoxy) is 1. The number of para-hydroxylation sites is 1. The molecule has 2 aromatic rings. The molecule has 0 spiro atoms. The van der Waals surface area contributed by atoms with Crippen molar-refractivity contribution in [3.63, 3.8) is 0 Å². The zero-order valence-corrected chi connectivity index (χ0v) is 10.8. The fourth-order valence-corrected chi connectivity index (χ4v) is 3.15. The monoisotopic (exact) mass is 259 g/mol. The molecule has 3 rings (SSSR count). The number of rotatable bonds is 4. The van der Waals surface area contributed by atoms with Crippen LogP contribution in [0.15, 0.2) is 30.5 Å². The van der Waals surface area contributed by atoms with Crippen molar-refractivity contribution in [1.29, 1.82) is 0 Å². The molecule has 1 saturated heterocycles. The quantitative estimate of drug-likeness (QED) is 0.887. The minimum atomic E-state index is -0.740. The summed E-state index contributed by atoms with van der Waals surface area (Å²) in [7, 11) is 0. The number of carbonyl (C=O) groups is 1. The molecule has 2 N–H and O–H groups in total. The average molecular weight is 259 g/mol. The van der Waals surface area contributed by atoms with Gasteiger partial charge in [-0.25, -0.2) is 0 Å². The molecule has 0 amide bonds. The van der Waals surface area contributed by atoms with Crippen LogP contribution in [0, 0.1) is 5.92 Å². The van der Waals surface area contributed by atoms with Gasteiger partial charge in [0.25, 0.3) is 0 Å². The summed E-state index contributed by atoms with van der Waals surface area (Å²) in [6.45, 7) is 2.90. The number of benzene rings is 1. The number of fused-ring (bicyclic) bond motifs is 1. The number of H-pyrrole nitrogens is 1. The maximum Gasteiger partial charge on any atom is 0.307 e. The van der Waals surface area contributed by atoms with Crippen LogP contribution < -0.4 is 0 Å². The van der Waals surface area contributed by atoms with Gasteiger partial charge in [0.2, 0.25) is 0 Å². The highest BCUT2D eigenvalue weighted by atomic mass is 16.5. The second-order valence-corrected chi connectivity index (χ2v) is 5.20. The lowest BCUT2D eigenvalue weighted by Crippen LogP contribution is -2.54. The molecule has 4 nitrogen and oxygen atoms in total. The average Bonchev–Trinajstić information content (AvgIpc) is 2.77.